The van der Waals surface area contributed by atoms with Gasteiger partial charge in [-0.1, -0.05) is 13.0 Å². The first-order valence-corrected chi connectivity index (χ1v) is 10.8. The first-order valence-electron chi connectivity index (χ1n) is 10.8. The van der Waals surface area contributed by atoms with Crippen LogP contribution in [-0.2, 0) is 11.3 Å². The molecule has 2 N–H and O–H groups in total. The van der Waals surface area contributed by atoms with E-state index in [0.29, 0.717) is 24.8 Å². The number of hydrogen-bond donors (Lipinski definition) is 2. The Balaban J connectivity index is 0.00000363. The minimum Gasteiger partial charge on any atom is -0.489 e. The Morgan fingerprint density at radius 1 is 1.34 bits per heavy atom. The van der Waals surface area contributed by atoms with Crippen molar-refractivity contribution in [2.75, 3.05) is 38.2 Å². The summed E-state index contributed by atoms with van der Waals surface area (Å²) in [4.78, 5) is 11.1. The average Bonchev–Trinajstić information content (AvgIpc) is 2.78. The fourth-order valence-corrected chi connectivity index (χ4v) is 3.39. The number of aliphatic imine (C=N–C) groups is 1. The van der Waals surface area contributed by atoms with E-state index in [0.717, 1.165) is 37.5 Å². The molecule has 9 heteroatoms. The smallest absolute Gasteiger partial charge is 0.191 e. The highest BCUT2D eigenvalue weighted by Gasteiger charge is 2.18. The number of nitrogens with one attached hydrogen (secondary N) is 2. The zero-order valence-corrected chi connectivity index (χ0v) is 21.2. The second kappa shape index (κ2) is 13.4. The molecule has 7 nitrogen and oxygen atoms in total. The molecule has 1 saturated heterocycles. The van der Waals surface area contributed by atoms with Gasteiger partial charge in [0.25, 0.3) is 0 Å². The van der Waals surface area contributed by atoms with Crippen LogP contribution >= 0.6 is 24.0 Å². The van der Waals surface area contributed by atoms with E-state index in [1.54, 1.807) is 19.2 Å². The Kier molecular flexibility index (Phi) is 10.9. The van der Waals surface area contributed by atoms with E-state index in [9.17, 15) is 4.39 Å². The molecule has 0 radical (unpaired) electrons. The number of morpholine rings is 1. The molecule has 1 aromatic heterocycles. The molecule has 1 aliphatic rings. The summed E-state index contributed by atoms with van der Waals surface area (Å²) < 4.78 is 24.9. The maximum absolute atomic E-state index is 13.4. The minimum absolute atomic E-state index is 0. The lowest BCUT2D eigenvalue weighted by Crippen LogP contribution is -2.42. The van der Waals surface area contributed by atoms with Crippen molar-refractivity contribution < 1.29 is 13.9 Å². The van der Waals surface area contributed by atoms with Gasteiger partial charge < -0.3 is 25.0 Å². The number of hydrogen-bond acceptors (Lipinski definition) is 5. The summed E-state index contributed by atoms with van der Waals surface area (Å²) in [7, 11) is 1.73. The molecule has 0 saturated carbocycles. The molecule has 1 aromatic carbocycles. The first kappa shape index (κ1) is 26.1. The van der Waals surface area contributed by atoms with E-state index < -0.39 is 0 Å². The van der Waals surface area contributed by atoms with Crippen molar-refractivity contribution in [3.8, 4) is 5.75 Å². The van der Waals surface area contributed by atoms with Gasteiger partial charge >= 0.3 is 0 Å². The lowest BCUT2D eigenvalue weighted by atomic mass is 10.2. The van der Waals surface area contributed by atoms with E-state index in [1.165, 1.54) is 12.1 Å². The Morgan fingerprint density at radius 3 is 2.91 bits per heavy atom. The van der Waals surface area contributed by atoms with Crippen molar-refractivity contribution in [1.29, 1.82) is 0 Å². The maximum Gasteiger partial charge on any atom is 0.191 e. The first-order chi connectivity index (χ1) is 15.1. The number of rotatable bonds is 8. The molecule has 2 heterocycles. The van der Waals surface area contributed by atoms with E-state index in [1.807, 2.05) is 19.2 Å². The minimum atomic E-state index is -0.305. The maximum atomic E-state index is 13.4. The molecule has 2 atom stereocenters. The molecular formula is C23H33FIN5O2. The third-order valence-electron chi connectivity index (χ3n) is 5.11. The Labute approximate surface area is 206 Å². The number of halogens is 2. The fourth-order valence-electron chi connectivity index (χ4n) is 3.39. The molecule has 3 rings (SSSR count). The third-order valence-corrected chi connectivity index (χ3v) is 5.11. The van der Waals surface area contributed by atoms with Gasteiger partial charge in [-0.25, -0.2) is 9.37 Å². The summed E-state index contributed by atoms with van der Waals surface area (Å²) in [6, 6.07) is 10.3. The summed E-state index contributed by atoms with van der Waals surface area (Å²) in [6.07, 6.45) is 2.73. The van der Waals surface area contributed by atoms with Crippen molar-refractivity contribution in [1.82, 2.24) is 15.6 Å². The quantitative estimate of drug-likeness (QED) is 0.294. The lowest BCUT2D eigenvalue weighted by molar-refractivity contribution is 0.0529. The normalized spacial score (nSPS) is 17.3. The Hall–Kier alpha value is -2.14. The number of nitrogens with zero attached hydrogens (tertiary/aromatic N) is 3. The zero-order valence-electron chi connectivity index (χ0n) is 18.9. The summed E-state index contributed by atoms with van der Waals surface area (Å²) in [6.45, 7) is 7.70. The predicted octanol–water partition coefficient (Wildman–Crippen LogP) is 3.59. The van der Waals surface area contributed by atoms with Crippen molar-refractivity contribution >= 4 is 35.8 Å². The van der Waals surface area contributed by atoms with Crippen LogP contribution in [0.1, 0.15) is 25.8 Å². The second-order valence-electron chi connectivity index (χ2n) is 7.56. The molecule has 0 amide bonds. The van der Waals surface area contributed by atoms with Crippen LogP contribution in [0.2, 0.25) is 0 Å². The third kappa shape index (κ3) is 8.09. The highest BCUT2D eigenvalue weighted by atomic mass is 127. The van der Waals surface area contributed by atoms with E-state index in [4.69, 9.17) is 9.47 Å². The van der Waals surface area contributed by atoms with Gasteiger partial charge in [-0.05, 0) is 43.2 Å². The molecule has 0 spiro atoms. The van der Waals surface area contributed by atoms with Crippen LogP contribution in [-0.4, -0.2) is 56.4 Å². The van der Waals surface area contributed by atoms with Gasteiger partial charge in [-0.15, -0.1) is 24.0 Å². The van der Waals surface area contributed by atoms with Gasteiger partial charge in [0.1, 0.15) is 23.5 Å². The largest absolute Gasteiger partial charge is 0.489 e. The van der Waals surface area contributed by atoms with Gasteiger partial charge in [0, 0.05) is 38.9 Å². The summed E-state index contributed by atoms with van der Waals surface area (Å²) >= 11 is 0. The molecule has 2 aromatic rings. The van der Waals surface area contributed by atoms with Gasteiger partial charge in [0.05, 0.1) is 19.3 Å². The van der Waals surface area contributed by atoms with Crippen LogP contribution < -0.4 is 20.3 Å². The number of pyridine rings is 1. The molecule has 32 heavy (non-hydrogen) atoms. The average molecular weight is 557 g/mol. The molecular weight excluding hydrogens is 524 g/mol. The predicted molar refractivity (Wildman–Crippen MR) is 137 cm³/mol. The number of ether oxygens (including phenoxy) is 2. The molecule has 2 unspecified atom stereocenters. The number of guanidine groups is 1. The Bertz CT molecular complexity index is 870. The van der Waals surface area contributed by atoms with Crippen molar-refractivity contribution in [3.63, 3.8) is 0 Å². The van der Waals surface area contributed by atoms with E-state index in [2.05, 4.69) is 38.5 Å². The van der Waals surface area contributed by atoms with Crippen LogP contribution in [0.5, 0.6) is 5.75 Å². The van der Waals surface area contributed by atoms with Crippen LogP contribution in [0.15, 0.2) is 47.6 Å². The number of benzene rings is 1. The monoisotopic (exact) mass is 557 g/mol. The zero-order chi connectivity index (χ0) is 22.1. The standard InChI is InChI=1S/C23H32FN5O2.HI/c1-4-20(31-21-7-5-6-19(24)13-21)15-28-23(25-3)27-14-18-8-9-26-22(12-18)29-10-11-30-17(2)16-29;/h5-9,12-13,17,20H,4,10-11,14-16H2,1-3H3,(H2,25,27,28);1H. The summed E-state index contributed by atoms with van der Waals surface area (Å²) in [5, 5.41) is 6.62. The van der Waals surface area contributed by atoms with E-state index in [-0.39, 0.29) is 42.0 Å². The van der Waals surface area contributed by atoms with Gasteiger partial charge in [-0.3, -0.25) is 4.99 Å². The van der Waals surface area contributed by atoms with Crippen molar-refractivity contribution in [2.24, 2.45) is 4.99 Å². The Morgan fingerprint density at radius 2 is 2.19 bits per heavy atom. The van der Waals surface area contributed by atoms with Crippen LogP contribution in [0.4, 0.5) is 10.2 Å². The lowest BCUT2D eigenvalue weighted by Gasteiger charge is -2.32. The van der Waals surface area contributed by atoms with Crippen LogP contribution in [0.25, 0.3) is 0 Å². The highest BCUT2D eigenvalue weighted by molar-refractivity contribution is 14.0. The fraction of sp³-hybridized carbons (Fsp3) is 0.478. The molecule has 0 aliphatic carbocycles. The van der Waals surface area contributed by atoms with Crippen molar-refractivity contribution in [3.05, 3.63) is 54.0 Å². The van der Waals surface area contributed by atoms with Crippen LogP contribution in [0.3, 0.4) is 0 Å². The highest BCUT2D eigenvalue weighted by Crippen LogP contribution is 2.17. The van der Waals surface area contributed by atoms with Gasteiger partial charge in [0.2, 0.25) is 0 Å². The molecule has 0 bridgehead atoms. The summed E-state index contributed by atoms with van der Waals surface area (Å²) in [5.74, 6) is 1.87. The van der Waals surface area contributed by atoms with Crippen LogP contribution in [0, 0.1) is 5.82 Å². The number of aromatic nitrogens is 1. The van der Waals surface area contributed by atoms with E-state index >= 15 is 0 Å². The molecule has 176 valence electrons. The molecule has 1 aliphatic heterocycles. The van der Waals surface area contributed by atoms with Crippen molar-refractivity contribution in [2.45, 2.75) is 39.0 Å². The topological polar surface area (TPSA) is 71.0 Å². The van der Waals surface area contributed by atoms with Gasteiger partial charge in [0.15, 0.2) is 5.96 Å². The molecule has 1 fully saturated rings. The van der Waals surface area contributed by atoms with Gasteiger partial charge in [-0.2, -0.15) is 0 Å². The second-order valence-corrected chi connectivity index (χ2v) is 7.56. The summed E-state index contributed by atoms with van der Waals surface area (Å²) in [5.41, 5.74) is 1.12. The SMILES string of the molecule is CCC(CNC(=NC)NCc1ccnc(N2CCOC(C)C2)c1)Oc1cccc(F)c1.I. The number of anilines is 1.